The third kappa shape index (κ3) is 2.91. The highest BCUT2D eigenvalue weighted by Gasteiger charge is 2.16. The zero-order valence-electron chi connectivity index (χ0n) is 10.5. The van der Waals surface area contributed by atoms with Crippen molar-refractivity contribution in [3.05, 3.63) is 35.2 Å². The zero-order valence-corrected chi connectivity index (χ0v) is 11.4. The van der Waals surface area contributed by atoms with Crippen molar-refractivity contribution in [1.29, 1.82) is 0 Å². The Morgan fingerprint density at radius 3 is 2.68 bits per heavy atom. The molecule has 1 aliphatic rings. The zero-order chi connectivity index (χ0) is 13.1. The quantitative estimate of drug-likeness (QED) is 0.841. The maximum absolute atomic E-state index is 5.56. The molecule has 3 rings (SSSR count). The second kappa shape index (κ2) is 5.64. The minimum atomic E-state index is 0.429. The van der Waals surface area contributed by atoms with Crippen molar-refractivity contribution >= 4 is 12.2 Å². The Morgan fingerprint density at radius 2 is 1.95 bits per heavy atom. The molecule has 1 aromatic heterocycles. The number of aromatic nitrogens is 2. The molecule has 1 aromatic carbocycles. The van der Waals surface area contributed by atoms with Gasteiger partial charge in [0, 0.05) is 5.56 Å². The lowest BCUT2D eigenvalue weighted by Crippen LogP contribution is -3.13. The van der Waals surface area contributed by atoms with E-state index in [0.717, 1.165) is 38.5 Å². The van der Waals surface area contributed by atoms with Gasteiger partial charge in [-0.2, -0.15) is 4.68 Å². The third-order valence-corrected chi connectivity index (χ3v) is 3.49. The molecule has 19 heavy (non-hydrogen) atoms. The average molecular weight is 278 g/mol. The largest absolute Gasteiger partial charge is 0.409 e. The predicted octanol–water partition coefficient (Wildman–Crippen LogP) is 0.745. The number of hydrogen-bond acceptors (Lipinski definition) is 4. The molecule has 1 aliphatic heterocycles. The number of ether oxygens (including phenoxy) is 1. The average Bonchev–Trinajstić information content (AvgIpc) is 2.82. The number of morpholine rings is 1. The molecule has 0 saturated carbocycles. The molecule has 0 amide bonds. The standard InChI is InChI=1S/C13H15N3O2S/c19-13-16(10-15-6-8-17-9-7-15)14-12(18-13)11-4-2-1-3-5-11/h1-5H,6-10H2/p+1. The van der Waals surface area contributed by atoms with Gasteiger partial charge in [-0.25, -0.2) is 0 Å². The fourth-order valence-corrected chi connectivity index (χ4v) is 2.32. The highest BCUT2D eigenvalue weighted by Crippen LogP contribution is 2.16. The van der Waals surface area contributed by atoms with Crippen molar-refractivity contribution < 1.29 is 14.1 Å². The molecule has 0 atom stereocenters. The summed E-state index contributed by atoms with van der Waals surface area (Å²) in [6.07, 6.45) is 0. The second-order valence-corrected chi connectivity index (χ2v) is 4.91. The van der Waals surface area contributed by atoms with Gasteiger partial charge in [0.25, 0.3) is 4.84 Å². The van der Waals surface area contributed by atoms with E-state index in [1.807, 2.05) is 30.3 Å². The Balaban J connectivity index is 1.79. The summed E-state index contributed by atoms with van der Waals surface area (Å²) in [4.78, 5) is 1.84. The molecule has 0 aliphatic carbocycles. The van der Waals surface area contributed by atoms with Gasteiger partial charge >= 0.3 is 0 Å². The minimum absolute atomic E-state index is 0.429. The molecule has 6 heteroatoms. The van der Waals surface area contributed by atoms with E-state index >= 15 is 0 Å². The van der Waals surface area contributed by atoms with E-state index in [1.54, 1.807) is 4.68 Å². The molecule has 0 radical (unpaired) electrons. The normalized spacial score (nSPS) is 16.6. The SMILES string of the molecule is S=c1oc(-c2ccccc2)nn1C[NH+]1CCOCC1. The van der Waals surface area contributed by atoms with Crippen molar-refractivity contribution in [2.24, 2.45) is 0 Å². The molecular weight excluding hydrogens is 262 g/mol. The Kier molecular flexibility index (Phi) is 3.72. The first kappa shape index (κ1) is 12.5. The van der Waals surface area contributed by atoms with E-state index in [2.05, 4.69) is 5.10 Å². The number of rotatable bonds is 3. The van der Waals surface area contributed by atoms with Crippen LogP contribution in [-0.2, 0) is 11.4 Å². The van der Waals surface area contributed by atoms with Gasteiger partial charge < -0.3 is 14.1 Å². The van der Waals surface area contributed by atoms with Gasteiger partial charge in [0.1, 0.15) is 13.1 Å². The topological polar surface area (TPSA) is 44.6 Å². The van der Waals surface area contributed by atoms with Crippen LogP contribution in [0.5, 0.6) is 0 Å². The van der Waals surface area contributed by atoms with E-state index < -0.39 is 0 Å². The summed E-state index contributed by atoms with van der Waals surface area (Å²) in [5.41, 5.74) is 0.948. The smallest absolute Gasteiger partial charge is 0.292 e. The first-order valence-electron chi connectivity index (χ1n) is 6.37. The molecule has 1 saturated heterocycles. The summed E-state index contributed by atoms with van der Waals surface area (Å²) in [6.45, 7) is 4.29. The van der Waals surface area contributed by atoms with Gasteiger partial charge in [-0.15, -0.1) is 5.10 Å². The van der Waals surface area contributed by atoms with Gasteiger partial charge in [-0.05, 0) is 24.4 Å². The first-order chi connectivity index (χ1) is 9.33. The maximum atomic E-state index is 5.56. The lowest BCUT2D eigenvalue weighted by molar-refractivity contribution is -0.931. The molecule has 1 fully saturated rings. The van der Waals surface area contributed by atoms with E-state index in [1.165, 1.54) is 4.90 Å². The minimum Gasteiger partial charge on any atom is -0.409 e. The van der Waals surface area contributed by atoms with Crippen LogP contribution in [0.15, 0.2) is 34.7 Å². The van der Waals surface area contributed by atoms with Crippen LogP contribution < -0.4 is 4.90 Å². The first-order valence-corrected chi connectivity index (χ1v) is 6.78. The van der Waals surface area contributed by atoms with E-state index in [0.29, 0.717) is 10.7 Å². The Morgan fingerprint density at radius 1 is 1.21 bits per heavy atom. The molecule has 0 spiro atoms. The predicted molar refractivity (Wildman–Crippen MR) is 72.3 cm³/mol. The summed E-state index contributed by atoms with van der Waals surface area (Å²) in [6, 6.07) is 9.81. The van der Waals surface area contributed by atoms with Crippen LogP contribution in [0, 0.1) is 4.84 Å². The van der Waals surface area contributed by atoms with Gasteiger partial charge in [-0.1, -0.05) is 18.2 Å². The number of nitrogens with zero attached hydrogens (tertiary/aromatic N) is 2. The van der Waals surface area contributed by atoms with Gasteiger partial charge in [-0.3, -0.25) is 0 Å². The van der Waals surface area contributed by atoms with Crippen molar-refractivity contribution in [3.63, 3.8) is 0 Å². The molecule has 5 nitrogen and oxygen atoms in total. The van der Waals surface area contributed by atoms with Crippen LogP contribution in [0.25, 0.3) is 11.5 Å². The monoisotopic (exact) mass is 278 g/mol. The number of nitrogens with one attached hydrogen (secondary N) is 1. The second-order valence-electron chi connectivity index (χ2n) is 4.56. The number of hydrogen-bond donors (Lipinski definition) is 1. The Bertz CT molecular complexity index is 587. The highest BCUT2D eigenvalue weighted by molar-refractivity contribution is 7.71. The Labute approximate surface area is 116 Å². The summed E-state index contributed by atoms with van der Waals surface area (Å²) in [7, 11) is 0. The molecular formula is C13H16N3O2S+. The summed E-state index contributed by atoms with van der Waals surface area (Å²) in [5.74, 6) is 0.582. The fraction of sp³-hybridized carbons (Fsp3) is 0.385. The van der Waals surface area contributed by atoms with Crippen molar-refractivity contribution in [2.45, 2.75) is 6.67 Å². The fourth-order valence-electron chi connectivity index (χ4n) is 2.13. The molecule has 1 N–H and O–H groups in total. The molecule has 0 unspecified atom stereocenters. The van der Waals surface area contributed by atoms with E-state index in [9.17, 15) is 0 Å². The van der Waals surface area contributed by atoms with Crippen molar-refractivity contribution in [3.8, 4) is 11.5 Å². The summed E-state index contributed by atoms with van der Waals surface area (Å²) in [5, 5.41) is 4.46. The van der Waals surface area contributed by atoms with E-state index in [-0.39, 0.29) is 0 Å². The van der Waals surface area contributed by atoms with Gasteiger partial charge in [0.2, 0.25) is 5.89 Å². The van der Waals surface area contributed by atoms with Crippen LogP contribution >= 0.6 is 12.2 Å². The van der Waals surface area contributed by atoms with E-state index in [4.69, 9.17) is 21.4 Å². The van der Waals surface area contributed by atoms with Crippen LogP contribution in [-0.4, -0.2) is 36.1 Å². The van der Waals surface area contributed by atoms with Crippen LogP contribution in [0.1, 0.15) is 0 Å². The van der Waals surface area contributed by atoms with Crippen LogP contribution in [0.3, 0.4) is 0 Å². The molecule has 2 aromatic rings. The summed E-state index contributed by atoms with van der Waals surface area (Å²) >= 11 is 5.23. The van der Waals surface area contributed by atoms with Gasteiger partial charge in [0.15, 0.2) is 6.67 Å². The third-order valence-electron chi connectivity index (χ3n) is 3.20. The van der Waals surface area contributed by atoms with Gasteiger partial charge in [0.05, 0.1) is 13.2 Å². The lowest BCUT2D eigenvalue weighted by atomic mass is 10.2. The number of benzene rings is 1. The van der Waals surface area contributed by atoms with Crippen LogP contribution in [0.4, 0.5) is 0 Å². The number of quaternary nitrogens is 1. The molecule has 2 heterocycles. The van der Waals surface area contributed by atoms with Crippen LogP contribution in [0.2, 0.25) is 0 Å². The molecule has 100 valence electrons. The Hall–Kier alpha value is -1.50. The maximum Gasteiger partial charge on any atom is 0.292 e. The lowest BCUT2D eigenvalue weighted by Gasteiger charge is -2.22. The summed E-state index contributed by atoms with van der Waals surface area (Å²) < 4.78 is 12.7. The molecule has 0 bridgehead atoms. The highest BCUT2D eigenvalue weighted by atomic mass is 32.1. The van der Waals surface area contributed by atoms with Crippen molar-refractivity contribution in [2.75, 3.05) is 26.3 Å². The van der Waals surface area contributed by atoms with Crippen molar-refractivity contribution in [1.82, 2.24) is 9.78 Å².